The predicted octanol–water partition coefficient (Wildman–Crippen LogP) is 4.11. The van der Waals surface area contributed by atoms with Crippen LogP contribution in [0.25, 0.3) is 0 Å². The number of benzene rings is 2. The molecule has 1 aliphatic heterocycles. The zero-order chi connectivity index (χ0) is 25.2. The number of carbonyl (C=O) groups is 1. The number of nitrogens with zero attached hydrogens (tertiary/aromatic N) is 2. The Morgan fingerprint density at radius 3 is 2.59 bits per heavy atom. The normalized spacial score (nSPS) is 17.2. The number of sulfone groups is 1. The van der Waals surface area contributed by atoms with Gasteiger partial charge in [0.1, 0.15) is 5.75 Å². The number of amides is 1. The third-order valence-electron chi connectivity index (χ3n) is 5.71. The van der Waals surface area contributed by atoms with Gasteiger partial charge in [0.05, 0.1) is 35.2 Å². The molecule has 182 valence electrons. The van der Waals surface area contributed by atoms with E-state index in [1.807, 2.05) is 6.92 Å². The highest BCUT2D eigenvalue weighted by Crippen LogP contribution is 2.32. The molecule has 2 aromatic carbocycles. The van der Waals surface area contributed by atoms with Crippen molar-refractivity contribution in [3.05, 3.63) is 74.4 Å². The molecule has 0 saturated carbocycles. The van der Waals surface area contributed by atoms with Crippen LogP contribution in [0.4, 0.5) is 0 Å². The van der Waals surface area contributed by atoms with Crippen molar-refractivity contribution < 1.29 is 17.9 Å². The molecule has 1 atom stereocenters. The van der Waals surface area contributed by atoms with Gasteiger partial charge in [-0.1, -0.05) is 29.3 Å². The van der Waals surface area contributed by atoms with Gasteiger partial charge in [-0.15, -0.1) is 0 Å². The van der Waals surface area contributed by atoms with Crippen LogP contribution >= 0.6 is 23.2 Å². The second-order valence-corrected chi connectivity index (χ2v) is 11.1. The lowest BCUT2D eigenvalue weighted by molar-refractivity contribution is 0.0706. The number of aliphatic imine (C=N–C) groups is 1. The number of halogens is 2. The maximum absolute atomic E-state index is 13.3. The van der Waals surface area contributed by atoms with Crippen LogP contribution in [0, 0.1) is 0 Å². The summed E-state index contributed by atoms with van der Waals surface area (Å²) in [6, 6.07) is 9.76. The van der Waals surface area contributed by atoms with Crippen LogP contribution in [0.5, 0.6) is 5.75 Å². The first kappa shape index (κ1) is 26.1. The first-order chi connectivity index (χ1) is 16.0. The highest BCUT2D eigenvalue weighted by Gasteiger charge is 2.32. The van der Waals surface area contributed by atoms with Crippen molar-refractivity contribution in [3.63, 3.8) is 0 Å². The van der Waals surface area contributed by atoms with Crippen molar-refractivity contribution in [2.75, 3.05) is 27.0 Å². The van der Waals surface area contributed by atoms with Crippen molar-refractivity contribution in [1.29, 1.82) is 0 Å². The number of rotatable bonds is 6. The van der Waals surface area contributed by atoms with E-state index in [0.29, 0.717) is 51.8 Å². The summed E-state index contributed by atoms with van der Waals surface area (Å²) in [6.07, 6.45) is 1.63. The second-order valence-electron chi connectivity index (χ2n) is 8.17. The molecule has 0 unspecified atom stereocenters. The molecule has 0 saturated heterocycles. The number of ether oxygens (including phenoxy) is 1. The Hall–Kier alpha value is -2.55. The molecule has 0 aromatic heterocycles. The molecule has 10 heteroatoms. The molecular formula is C24H27Cl2N3O4S. The number of hydrogen-bond acceptors (Lipinski definition) is 6. The van der Waals surface area contributed by atoms with E-state index >= 15 is 0 Å². The van der Waals surface area contributed by atoms with Crippen LogP contribution in [0.15, 0.2) is 52.7 Å². The van der Waals surface area contributed by atoms with E-state index in [1.54, 1.807) is 48.3 Å². The molecule has 7 nitrogen and oxygen atoms in total. The van der Waals surface area contributed by atoms with Gasteiger partial charge in [0.2, 0.25) is 0 Å². The quantitative estimate of drug-likeness (QED) is 0.573. The number of methoxy groups -OCH3 is 1. The van der Waals surface area contributed by atoms with Gasteiger partial charge in [0, 0.05) is 41.7 Å². The van der Waals surface area contributed by atoms with Crippen molar-refractivity contribution in [1.82, 2.24) is 4.90 Å². The third kappa shape index (κ3) is 5.56. The molecule has 34 heavy (non-hydrogen) atoms. The van der Waals surface area contributed by atoms with Gasteiger partial charge < -0.3 is 15.4 Å². The Bertz CT molecular complexity index is 1290. The fraction of sp³-hybridized carbons (Fsp3) is 0.333. The minimum Gasteiger partial charge on any atom is -0.495 e. The van der Waals surface area contributed by atoms with Crippen molar-refractivity contribution in [2.24, 2.45) is 10.7 Å². The van der Waals surface area contributed by atoms with E-state index in [-0.39, 0.29) is 16.7 Å². The monoisotopic (exact) mass is 523 g/mol. The molecule has 0 spiro atoms. The summed E-state index contributed by atoms with van der Waals surface area (Å²) in [5.74, 6) is 0.0470. The van der Waals surface area contributed by atoms with Gasteiger partial charge in [-0.2, -0.15) is 0 Å². The van der Waals surface area contributed by atoms with E-state index in [4.69, 9.17) is 33.7 Å². The molecular weight excluding hydrogens is 497 g/mol. The molecule has 0 fully saturated rings. The Kier molecular flexibility index (Phi) is 7.95. The third-order valence-corrected chi connectivity index (χ3v) is 7.18. The topological polar surface area (TPSA) is 102 Å². The van der Waals surface area contributed by atoms with Gasteiger partial charge >= 0.3 is 0 Å². The molecule has 1 heterocycles. The molecule has 2 aromatic rings. The van der Waals surface area contributed by atoms with Gasteiger partial charge in [-0.05, 0) is 49.2 Å². The first-order valence-electron chi connectivity index (χ1n) is 10.5. The van der Waals surface area contributed by atoms with Crippen molar-refractivity contribution in [2.45, 2.75) is 25.1 Å². The maximum atomic E-state index is 13.3. The van der Waals surface area contributed by atoms with Gasteiger partial charge in [-0.25, -0.2) is 8.42 Å². The van der Waals surface area contributed by atoms with E-state index < -0.39 is 15.9 Å². The van der Waals surface area contributed by atoms with Crippen LogP contribution in [-0.4, -0.2) is 57.9 Å². The second kappa shape index (κ2) is 10.4. The van der Waals surface area contributed by atoms with E-state index in [1.165, 1.54) is 13.4 Å². The minimum atomic E-state index is -3.24. The summed E-state index contributed by atoms with van der Waals surface area (Å²) in [6.45, 7) is 2.25. The molecule has 2 N–H and O–H groups in total. The number of nitrogens with two attached hydrogens (primary N) is 1. The molecule has 3 rings (SSSR count). The van der Waals surface area contributed by atoms with Crippen LogP contribution in [0.1, 0.15) is 34.8 Å². The first-order valence-corrected chi connectivity index (χ1v) is 13.3. The van der Waals surface area contributed by atoms with Crippen molar-refractivity contribution in [3.8, 4) is 5.75 Å². The SMILES string of the molecule is CN=C(C1=C(N)[C@H](C)N(C(=O)c2cccc(OC)c2Cl)CC1)c1cc(Cl)cc(CS(C)(=O)=O)c1. The summed E-state index contributed by atoms with van der Waals surface area (Å²) in [5.41, 5.74) is 10.0. The average Bonchev–Trinajstić information content (AvgIpc) is 2.75. The standard InChI is InChI=1S/C24H27Cl2N3O4S/c1-14-22(27)19(8-9-29(14)24(30)18-6-5-7-20(33-3)21(18)26)23(28-2)16-10-15(11-17(25)12-16)13-34(4,31)32/h5-7,10-12,14H,8-9,13,27H2,1-4H3/t14-/m0/s1. The van der Waals surface area contributed by atoms with E-state index in [9.17, 15) is 13.2 Å². The lowest BCUT2D eigenvalue weighted by atomic mass is 9.91. The maximum Gasteiger partial charge on any atom is 0.256 e. The van der Waals surface area contributed by atoms with Crippen LogP contribution in [0.2, 0.25) is 10.0 Å². The van der Waals surface area contributed by atoms with E-state index in [2.05, 4.69) is 4.99 Å². The molecule has 1 aliphatic rings. The van der Waals surface area contributed by atoms with Crippen LogP contribution < -0.4 is 10.5 Å². The zero-order valence-electron chi connectivity index (χ0n) is 19.4. The van der Waals surface area contributed by atoms with Gasteiger partial charge in [-0.3, -0.25) is 9.79 Å². The molecule has 0 radical (unpaired) electrons. The van der Waals surface area contributed by atoms with E-state index in [0.717, 1.165) is 5.57 Å². The average molecular weight is 524 g/mol. The summed E-state index contributed by atoms with van der Waals surface area (Å²) in [5, 5.41) is 0.661. The fourth-order valence-corrected chi connectivity index (χ4v) is 5.44. The molecule has 0 aliphatic carbocycles. The Morgan fingerprint density at radius 2 is 1.97 bits per heavy atom. The highest BCUT2D eigenvalue weighted by molar-refractivity contribution is 7.89. The predicted molar refractivity (Wildman–Crippen MR) is 137 cm³/mol. The lowest BCUT2D eigenvalue weighted by Crippen LogP contribution is -2.46. The zero-order valence-corrected chi connectivity index (χ0v) is 21.8. The Balaban J connectivity index is 1.96. The molecule has 1 amide bonds. The lowest BCUT2D eigenvalue weighted by Gasteiger charge is -2.36. The minimum absolute atomic E-state index is 0.133. The fourth-order valence-electron chi connectivity index (χ4n) is 4.12. The van der Waals surface area contributed by atoms with Gasteiger partial charge in [0.15, 0.2) is 9.84 Å². The van der Waals surface area contributed by atoms with Crippen LogP contribution in [0.3, 0.4) is 0 Å². The van der Waals surface area contributed by atoms with Crippen LogP contribution in [-0.2, 0) is 15.6 Å². The highest BCUT2D eigenvalue weighted by atomic mass is 35.5. The van der Waals surface area contributed by atoms with Gasteiger partial charge in [0.25, 0.3) is 5.91 Å². The Morgan fingerprint density at radius 1 is 1.26 bits per heavy atom. The van der Waals surface area contributed by atoms with Crippen molar-refractivity contribution >= 4 is 44.7 Å². The summed E-state index contributed by atoms with van der Waals surface area (Å²) in [7, 11) is -0.0998. The summed E-state index contributed by atoms with van der Waals surface area (Å²) >= 11 is 12.7. The summed E-state index contributed by atoms with van der Waals surface area (Å²) in [4.78, 5) is 19.4. The smallest absolute Gasteiger partial charge is 0.256 e. The largest absolute Gasteiger partial charge is 0.495 e. The number of hydrogen-bond donors (Lipinski definition) is 1. The Labute approximate surface area is 210 Å². The number of carbonyl (C=O) groups excluding carboxylic acids is 1. The molecule has 0 bridgehead atoms. The summed E-state index contributed by atoms with van der Waals surface area (Å²) < 4.78 is 28.8.